The molecule has 5 heteroatoms. The van der Waals surface area contributed by atoms with Crippen molar-refractivity contribution in [2.45, 2.75) is 31.8 Å². The van der Waals surface area contributed by atoms with Crippen LogP contribution in [0.2, 0.25) is 0 Å². The van der Waals surface area contributed by atoms with Crippen LogP contribution in [0.15, 0.2) is 12.3 Å². The van der Waals surface area contributed by atoms with Crippen LogP contribution in [0.4, 0.5) is 0 Å². The van der Waals surface area contributed by atoms with Gasteiger partial charge in [-0.1, -0.05) is 0 Å². The molecule has 2 aliphatic rings. The fraction of sp³-hybridized carbons (Fsp3) is 0.692. The van der Waals surface area contributed by atoms with Gasteiger partial charge in [0.15, 0.2) is 6.10 Å². The van der Waals surface area contributed by atoms with Gasteiger partial charge >= 0.3 is 0 Å². The minimum Gasteiger partial charge on any atom is -0.489 e. The van der Waals surface area contributed by atoms with E-state index in [1.54, 1.807) is 18.2 Å². The van der Waals surface area contributed by atoms with E-state index in [0.717, 1.165) is 32.2 Å². The third-order valence-corrected chi connectivity index (χ3v) is 3.56. The first-order valence-corrected chi connectivity index (χ1v) is 6.53. The highest BCUT2D eigenvalue weighted by Gasteiger charge is 2.32. The molecule has 2 unspecified atom stereocenters. The quantitative estimate of drug-likeness (QED) is 0.785. The minimum absolute atomic E-state index is 0.0213. The molecule has 0 aromatic carbocycles. The second-order valence-electron chi connectivity index (χ2n) is 4.81. The largest absolute Gasteiger partial charge is 0.489 e. The van der Waals surface area contributed by atoms with Crippen LogP contribution in [-0.2, 0) is 14.3 Å². The number of carbonyl (C=O) groups excluding carboxylic acids is 2. The second-order valence-corrected chi connectivity index (χ2v) is 4.81. The molecule has 2 amide bonds. The van der Waals surface area contributed by atoms with E-state index in [9.17, 15) is 9.59 Å². The van der Waals surface area contributed by atoms with E-state index in [1.807, 2.05) is 6.08 Å². The van der Waals surface area contributed by atoms with E-state index < -0.39 is 0 Å². The molecule has 18 heavy (non-hydrogen) atoms. The number of ether oxygens (including phenoxy) is 1. The molecule has 0 aromatic heterocycles. The highest BCUT2D eigenvalue weighted by Crippen LogP contribution is 2.20. The maximum Gasteiger partial charge on any atom is 0.263 e. The summed E-state index contributed by atoms with van der Waals surface area (Å²) in [6, 6.07) is 0. The number of carbonyl (C=O) groups is 2. The molecular formula is C13H20N2O3. The van der Waals surface area contributed by atoms with Gasteiger partial charge in [-0.3, -0.25) is 9.59 Å². The van der Waals surface area contributed by atoms with Gasteiger partial charge in [0.2, 0.25) is 5.91 Å². The number of rotatable bonds is 2. The number of likely N-dealkylation sites (tertiary alicyclic amines) is 1. The van der Waals surface area contributed by atoms with Gasteiger partial charge in [-0.2, -0.15) is 0 Å². The molecule has 0 saturated carbocycles. The van der Waals surface area contributed by atoms with Crippen molar-refractivity contribution >= 4 is 11.8 Å². The molecule has 1 N–H and O–H groups in total. The molecule has 0 spiro atoms. The molecule has 100 valence electrons. The van der Waals surface area contributed by atoms with Crippen molar-refractivity contribution in [2.24, 2.45) is 5.92 Å². The summed E-state index contributed by atoms with van der Waals surface area (Å²) in [5, 5.41) is 2.65. The topological polar surface area (TPSA) is 58.6 Å². The van der Waals surface area contributed by atoms with Crippen molar-refractivity contribution in [3.8, 4) is 0 Å². The zero-order chi connectivity index (χ0) is 13.0. The smallest absolute Gasteiger partial charge is 0.263 e. The van der Waals surface area contributed by atoms with Gasteiger partial charge in [0.05, 0.1) is 12.2 Å². The molecule has 1 saturated heterocycles. The molecular weight excluding hydrogens is 232 g/mol. The SMILES string of the molecule is CNC(=O)C1CCCN(C(=O)C2CCC=CO2)C1. The summed E-state index contributed by atoms with van der Waals surface area (Å²) in [7, 11) is 1.64. The van der Waals surface area contributed by atoms with Gasteiger partial charge in [-0.15, -0.1) is 0 Å². The molecule has 0 radical (unpaired) electrons. The normalized spacial score (nSPS) is 27.5. The zero-order valence-electron chi connectivity index (χ0n) is 10.7. The number of hydrogen-bond donors (Lipinski definition) is 1. The van der Waals surface area contributed by atoms with Crippen LogP contribution >= 0.6 is 0 Å². The van der Waals surface area contributed by atoms with Crippen molar-refractivity contribution in [1.29, 1.82) is 0 Å². The van der Waals surface area contributed by atoms with Crippen molar-refractivity contribution in [3.63, 3.8) is 0 Å². The number of piperidine rings is 1. The third kappa shape index (κ3) is 2.83. The standard InChI is InChI=1S/C13H20N2O3/c1-14-12(16)10-5-4-7-15(9-10)13(17)11-6-2-3-8-18-11/h3,8,10-11H,2,4-7,9H2,1H3,(H,14,16). The molecule has 1 fully saturated rings. The van der Waals surface area contributed by atoms with E-state index in [-0.39, 0.29) is 23.8 Å². The summed E-state index contributed by atoms with van der Waals surface area (Å²) >= 11 is 0. The highest BCUT2D eigenvalue weighted by molar-refractivity contribution is 5.83. The maximum absolute atomic E-state index is 12.2. The van der Waals surface area contributed by atoms with Gasteiger partial charge in [0, 0.05) is 20.1 Å². The highest BCUT2D eigenvalue weighted by atomic mass is 16.5. The Labute approximate surface area is 107 Å². The molecule has 2 rings (SSSR count). The molecule has 2 heterocycles. The van der Waals surface area contributed by atoms with Crippen molar-refractivity contribution in [3.05, 3.63) is 12.3 Å². The molecule has 0 aromatic rings. The minimum atomic E-state index is -0.363. The van der Waals surface area contributed by atoms with Crippen LogP contribution < -0.4 is 5.32 Å². The second kappa shape index (κ2) is 5.89. The number of amides is 2. The number of nitrogens with one attached hydrogen (secondary N) is 1. The van der Waals surface area contributed by atoms with E-state index in [0.29, 0.717) is 6.54 Å². The first kappa shape index (κ1) is 12.9. The zero-order valence-corrected chi connectivity index (χ0v) is 10.7. The van der Waals surface area contributed by atoms with E-state index in [4.69, 9.17) is 4.74 Å². The van der Waals surface area contributed by atoms with Gasteiger partial charge in [0.25, 0.3) is 5.91 Å². The average Bonchev–Trinajstić information content (AvgIpc) is 2.46. The van der Waals surface area contributed by atoms with E-state index in [2.05, 4.69) is 5.32 Å². The Hall–Kier alpha value is -1.52. The maximum atomic E-state index is 12.2. The molecule has 5 nitrogen and oxygen atoms in total. The van der Waals surface area contributed by atoms with Crippen molar-refractivity contribution < 1.29 is 14.3 Å². The van der Waals surface area contributed by atoms with Gasteiger partial charge in [0.1, 0.15) is 0 Å². The Morgan fingerprint density at radius 1 is 1.39 bits per heavy atom. The lowest BCUT2D eigenvalue weighted by molar-refractivity contribution is -0.144. The predicted octanol–water partition coefficient (Wildman–Crippen LogP) is 0.664. The lowest BCUT2D eigenvalue weighted by atomic mass is 9.96. The fourth-order valence-electron chi connectivity index (χ4n) is 2.51. The lowest BCUT2D eigenvalue weighted by Gasteiger charge is -2.34. The Morgan fingerprint density at radius 3 is 2.89 bits per heavy atom. The Morgan fingerprint density at radius 2 is 2.22 bits per heavy atom. The molecule has 0 aliphatic carbocycles. The lowest BCUT2D eigenvalue weighted by Crippen LogP contribution is -2.48. The van der Waals surface area contributed by atoms with E-state index >= 15 is 0 Å². The van der Waals surface area contributed by atoms with Crippen LogP contribution in [0.5, 0.6) is 0 Å². The van der Waals surface area contributed by atoms with Crippen LogP contribution in [0, 0.1) is 5.92 Å². The summed E-state index contributed by atoms with van der Waals surface area (Å²) < 4.78 is 5.34. The summed E-state index contributed by atoms with van der Waals surface area (Å²) in [5.74, 6) is -0.0308. The summed E-state index contributed by atoms with van der Waals surface area (Å²) in [5.41, 5.74) is 0. The average molecular weight is 252 g/mol. The van der Waals surface area contributed by atoms with Crippen molar-refractivity contribution in [1.82, 2.24) is 10.2 Å². The Kier molecular flexibility index (Phi) is 4.23. The van der Waals surface area contributed by atoms with Crippen LogP contribution in [0.25, 0.3) is 0 Å². The van der Waals surface area contributed by atoms with Crippen molar-refractivity contribution in [2.75, 3.05) is 20.1 Å². The van der Waals surface area contributed by atoms with Crippen LogP contribution in [0.1, 0.15) is 25.7 Å². The summed E-state index contributed by atoms with van der Waals surface area (Å²) in [4.78, 5) is 25.6. The monoisotopic (exact) mass is 252 g/mol. The van der Waals surface area contributed by atoms with Crippen LogP contribution in [-0.4, -0.2) is 43.0 Å². The Bertz CT molecular complexity index is 354. The molecule has 0 bridgehead atoms. The summed E-state index contributed by atoms with van der Waals surface area (Å²) in [6.45, 7) is 1.25. The molecule has 2 aliphatic heterocycles. The van der Waals surface area contributed by atoms with Gasteiger partial charge in [-0.25, -0.2) is 0 Å². The molecule has 2 atom stereocenters. The fourth-order valence-corrected chi connectivity index (χ4v) is 2.51. The van der Waals surface area contributed by atoms with Gasteiger partial charge in [-0.05, 0) is 31.8 Å². The number of hydrogen-bond acceptors (Lipinski definition) is 3. The Balaban J connectivity index is 1.93. The van der Waals surface area contributed by atoms with Gasteiger partial charge < -0.3 is 15.0 Å². The number of nitrogens with zero attached hydrogens (tertiary/aromatic N) is 1. The summed E-state index contributed by atoms with van der Waals surface area (Å²) in [6.07, 6.45) is 6.51. The predicted molar refractivity (Wildman–Crippen MR) is 66.6 cm³/mol. The van der Waals surface area contributed by atoms with Crippen LogP contribution in [0.3, 0.4) is 0 Å². The number of allylic oxidation sites excluding steroid dienone is 1. The first-order valence-electron chi connectivity index (χ1n) is 6.53. The van der Waals surface area contributed by atoms with E-state index in [1.165, 1.54) is 0 Å². The third-order valence-electron chi connectivity index (χ3n) is 3.56. The first-order chi connectivity index (χ1) is 8.72.